The van der Waals surface area contributed by atoms with Crippen molar-refractivity contribution in [2.45, 2.75) is 51.5 Å². The van der Waals surface area contributed by atoms with Crippen molar-refractivity contribution in [1.82, 2.24) is 10.2 Å². The van der Waals surface area contributed by atoms with Crippen molar-refractivity contribution in [2.24, 2.45) is 5.41 Å². The van der Waals surface area contributed by atoms with Crippen molar-refractivity contribution in [3.63, 3.8) is 0 Å². The number of amides is 1. The number of methoxy groups -OCH3 is 1. The summed E-state index contributed by atoms with van der Waals surface area (Å²) in [6, 6.07) is 8.73. The summed E-state index contributed by atoms with van der Waals surface area (Å²) < 4.78 is 5.35. The predicted molar refractivity (Wildman–Crippen MR) is 101 cm³/mol. The van der Waals surface area contributed by atoms with Crippen LogP contribution in [0.25, 0.3) is 0 Å². The monoisotopic (exact) mass is 344 g/mol. The zero-order valence-corrected chi connectivity index (χ0v) is 15.7. The fraction of sp³-hybridized carbons (Fsp3) is 0.667. The van der Waals surface area contributed by atoms with Crippen molar-refractivity contribution in [2.75, 3.05) is 33.4 Å². The second-order valence-electron chi connectivity index (χ2n) is 8.05. The molecule has 1 amide bonds. The van der Waals surface area contributed by atoms with E-state index in [1.54, 1.807) is 7.11 Å². The fourth-order valence-corrected chi connectivity index (χ4v) is 4.24. The van der Waals surface area contributed by atoms with Crippen LogP contribution in [-0.4, -0.2) is 44.2 Å². The normalized spacial score (nSPS) is 23.0. The van der Waals surface area contributed by atoms with Gasteiger partial charge < -0.3 is 15.0 Å². The van der Waals surface area contributed by atoms with E-state index in [1.165, 1.54) is 11.1 Å². The Balaban J connectivity index is 1.44. The molecule has 138 valence electrons. The fourth-order valence-electron chi connectivity index (χ4n) is 4.24. The van der Waals surface area contributed by atoms with Crippen molar-refractivity contribution in [1.29, 1.82) is 0 Å². The molecule has 1 atom stereocenters. The third-order valence-electron chi connectivity index (χ3n) is 5.92. The molecule has 4 heteroatoms. The Morgan fingerprint density at radius 2 is 2.08 bits per heavy atom. The van der Waals surface area contributed by atoms with Gasteiger partial charge in [0.1, 0.15) is 0 Å². The van der Waals surface area contributed by atoms with E-state index in [0.29, 0.717) is 11.8 Å². The standard InChI is InChI=1S/C21H32N2O2/c1-21(16-25-2)11-14-23(15-12-21)13-10-20(24)22-19-9-5-7-17-6-3-4-8-18(17)19/h3-4,6,8,19H,5,7,9-16H2,1-2H3,(H,22,24). The molecule has 0 radical (unpaired) electrons. The molecule has 1 saturated heterocycles. The molecule has 2 aliphatic rings. The predicted octanol–water partition coefficient (Wildman–Crippen LogP) is 3.32. The Morgan fingerprint density at radius 1 is 1.32 bits per heavy atom. The first-order chi connectivity index (χ1) is 12.1. The first kappa shape index (κ1) is 18.4. The summed E-state index contributed by atoms with van der Waals surface area (Å²) >= 11 is 0. The second-order valence-corrected chi connectivity index (χ2v) is 8.05. The number of ether oxygens (including phenoxy) is 1. The minimum atomic E-state index is 0.187. The first-order valence-electron chi connectivity index (χ1n) is 9.68. The Bertz CT molecular complexity index is 579. The van der Waals surface area contributed by atoms with Gasteiger partial charge in [0.05, 0.1) is 12.6 Å². The molecule has 1 N–H and O–H groups in total. The highest BCUT2D eigenvalue weighted by molar-refractivity contribution is 5.76. The van der Waals surface area contributed by atoms with E-state index in [4.69, 9.17) is 4.74 Å². The minimum absolute atomic E-state index is 0.187. The molecule has 1 heterocycles. The molecular formula is C21H32N2O2. The molecule has 0 aromatic heterocycles. The van der Waals surface area contributed by atoms with E-state index in [1.807, 2.05) is 0 Å². The lowest BCUT2D eigenvalue weighted by Crippen LogP contribution is -2.42. The van der Waals surface area contributed by atoms with Gasteiger partial charge in [0.15, 0.2) is 0 Å². The average molecular weight is 344 g/mol. The maximum Gasteiger partial charge on any atom is 0.221 e. The van der Waals surface area contributed by atoms with Crippen LogP contribution in [0.5, 0.6) is 0 Å². The molecule has 3 rings (SSSR count). The van der Waals surface area contributed by atoms with E-state index >= 15 is 0 Å². The summed E-state index contributed by atoms with van der Waals surface area (Å²) in [5, 5.41) is 3.27. The van der Waals surface area contributed by atoms with E-state index in [-0.39, 0.29) is 11.9 Å². The molecule has 0 spiro atoms. The smallest absolute Gasteiger partial charge is 0.221 e. The topological polar surface area (TPSA) is 41.6 Å². The number of hydrogen-bond donors (Lipinski definition) is 1. The van der Waals surface area contributed by atoms with E-state index in [0.717, 1.165) is 58.3 Å². The maximum absolute atomic E-state index is 12.4. The third-order valence-corrected chi connectivity index (χ3v) is 5.92. The van der Waals surface area contributed by atoms with Crippen LogP contribution < -0.4 is 5.32 Å². The number of rotatable bonds is 6. The van der Waals surface area contributed by atoms with Crippen LogP contribution in [0.2, 0.25) is 0 Å². The maximum atomic E-state index is 12.4. The van der Waals surface area contributed by atoms with Gasteiger partial charge in [-0.15, -0.1) is 0 Å². The van der Waals surface area contributed by atoms with Crippen LogP contribution in [0, 0.1) is 5.41 Å². The summed E-state index contributed by atoms with van der Waals surface area (Å²) in [6.07, 6.45) is 6.25. The number of carbonyl (C=O) groups is 1. The largest absolute Gasteiger partial charge is 0.384 e. The van der Waals surface area contributed by atoms with Crippen LogP contribution in [0.1, 0.15) is 56.2 Å². The molecule has 4 nitrogen and oxygen atoms in total. The van der Waals surface area contributed by atoms with Gasteiger partial charge in [-0.25, -0.2) is 0 Å². The molecule has 1 aromatic rings. The van der Waals surface area contributed by atoms with Crippen LogP contribution in [0.4, 0.5) is 0 Å². The molecule has 1 unspecified atom stereocenters. The Morgan fingerprint density at radius 3 is 2.84 bits per heavy atom. The van der Waals surface area contributed by atoms with Gasteiger partial charge in [-0.1, -0.05) is 31.2 Å². The molecule has 25 heavy (non-hydrogen) atoms. The number of fused-ring (bicyclic) bond motifs is 1. The molecule has 0 saturated carbocycles. The lowest BCUT2D eigenvalue weighted by Gasteiger charge is -2.39. The molecular weight excluding hydrogens is 312 g/mol. The summed E-state index contributed by atoms with van der Waals surface area (Å²) in [5.74, 6) is 0.187. The van der Waals surface area contributed by atoms with Gasteiger partial charge in [-0.2, -0.15) is 0 Å². The summed E-state index contributed by atoms with van der Waals surface area (Å²) in [4.78, 5) is 14.9. The third kappa shape index (κ3) is 4.83. The highest BCUT2D eigenvalue weighted by Crippen LogP contribution is 2.31. The van der Waals surface area contributed by atoms with Gasteiger partial charge in [0.2, 0.25) is 5.91 Å². The zero-order chi connectivity index (χ0) is 17.7. The van der Waals surface area contributed by atoms with E-state index in [2.05, 4.69) is 41.4 Å². The summed E-state index contributed by atoms with van der Waals surface area (Å²) in [7, 11) is 1.78. The second kappa shape index (κ2) is 8.33. The SMILES string of the molecule is COCC1(C)CCN(CCC(=O)NC2CCCc3ccccc32)CC1. The van der Waals surface area contributed by atoms with Crippen molar-refractivity contribution >= 4 is 5.91 Å². The summed E-state index contributed by atoms with van der Waals surface area (Å²) in [5.41, 5.74) is 3.02. The van der Waals surface area contributed by atoms with Crippen LogP contribution in [0.3, 0.4) is 0 Å². The van der Waals surface area contributed by atoms with E-state index in [9.17, 15) is 4.79 Å². The van der Waals surface area contributed by atoms with Crippen molar-refractivity contribution < 1.29 is 9.53 Å². The van der Waals surface area contributed by atoms with Crippen LogP contribution >= 0.6 is 0 Å². The number of nitrogens with zero attached hydrogens (tertiary/aromatic N) is 1. The lowest BCUT2D eigenvalue weighted by molar-refractivity contribution is -0.122. The first-order valence-corrected chi connectivity index (χ1v) is 9.68. The Kier molecular flexibility index (Phi) is 6.13. The highest BCUT2D eigenvalue weighted by Gasteiger charge is 2.30. The number of piperidine rings is 1. The van der Waals surface area contributed by atoms with E-state index < -0.39 is 0 Å². The summed E-state index contributed by atoms with van der Waals surface area (Å²) in [6.45, 7) is 6.14. The molecule has 1 aliphatic carbocycles. The van der Waals surface area contributed by atoms with Gasteiger partial charge >= 0.3 is 0 Å². The lowest BCUT2D eigenvalue weighted by atomic mass is 9.81. The number of likely N-dealkylation sites (tertiary alicyclic amines) is 1. The number of hydrogen-bond acceptors (Lipinski definition) is 3. The molecule has 1 fully saturated rings. The quantitative estimate of drug-likeness (QED) is 0.861. The van der Waals surface area contributed by atoms with Crippen LogP contribution in [0.15, 0.2) is 24.3 Å². The Hall–Kier alpha value is -1.39. The van der Waals surface area contributed by atoms with Gasteiger partial charge in [-0.3, -0.25) is 4.79 Å². The van der Waals surface area contributed by atoms with Gasteiger partial charge in [-0.05, 0) is 61.7 Å². The number of nitrogens with one attached hydrogen (secondary N) is 1. The van der Waals surface area contributed by atoms with Crippen LogP contribution in [-0.2, 0) is 16.0 Å². The van der Waals surface area contributed by atoms with Gasteiger partial charge in [0.25, 0.3) is 0 Å². The average Bonchev–Trinajstić information content (AvgIpc) is 2.62. The molecule has 1 aliphatic heterocycles. The van der Waals surface area contributed by atoms with Crippen molar-refractivity contribution in [3.8, 4) is 0 Å². The number of aryl methyl sites for hydroxylation is 1. The Labute approximate surface area is 151 Å². The number of benzene rings is 1. The molecule has 1 aromatic carbocycles. The highest BCUT2D eigenvalue weighted by atomic mass is 16.5. The van der Waals surface area contributed by atoms with Crippen molar-refractivity contribution in [3.05, 3.63) is 35.4 Å². The minimum Gasteiger partial charge on any atom is -0.384 e. The zero-order valence-electron chi connectivity index (χ0n) is 15.7. The van der Waals surface area contributed by atoms with Gasteiger partial charge in [0, 0.05) is 20.1 Å². The molecule has 0 bridgehead atoms. The number of carbonyl (C=O) groups excluding carboxylic acids is 1.